The third-order valence-corrected chi connectivity index (χ3v) is 4.32. The molecule has 2 N–H and O–H groups in total. The molecule has 0 saturated carbocycles. The second-order valence-electron chi connectivity index (χ2n) is 6.39. The second kappa shape index (κ2) is 12.5. The number of aryl methyl sites for hydroxylation is 2. The molecule has 0 radical (unpaired) electrons. The summed E-state index contributed by atoms with van der Waals surface area (Å²) >= 11 is 0. The Morgan fingerprint density at radius 2 is 2.00 bits per heavy atom. The number of hydrogen-bond acceptors (Lipinski definition) is 4. The number of carbonyl (C=O) groups excluding carboxylic acids is 1. The van der Waals surface area contributed by atoms with E-state index < -0.39 is 0 Å². The minimum absolute atomic E-state index is 0. The van der Waals surface area contributed by atoms with Crippen LogP contribution in [-0.4, -0.2) is 52.9 Å². The molecule has 0 aliphatic carbocycles. The zero-order valence-electron chi connectivity index (χ0n) is 15.3. The smallest absolute Gasteiger partial charge is 0.222 e. The summed E-state index contributed by atoms with van der Waals surface area (Å²) in [5.41, 5.74) is 7.63. The molecule has 0 bridgehead atoms. The van der Waals surface area contributed by atoms with Gasteiger partial charge in [-0.1, -0.05) is 12.8 Å². The van der Waals surface area contributed by atoms with Crippen molar-refractivity contribution in [3.8, 4) is 0 Å². The summed E-state index contributed by atoms with van der Waals surface area (Å²) in [6, 6.07) is 2.06. The Kier molecular flexibility index (Phi) is 12.1. The Labute approximate surface area is 163 Å². The Hall–Kier alpha value is -0.820. The lowest BCUT2D eigenvalue weighted by Gasteiger charge is -2.33. The average molecular weight is 395 g/mol. The molecule has 8 heteroatoms. The van der Waals surface area contributed by atoms with Crippen molar-refractivity contribution in [2.75, 3.05) is 26.2 Å². The first-order chi connectivity index (χ1) is 11.1. The highest BCUT2D eigenvalue weighted by Crippen LogP contribution is 2.12. The van der Waals surface area contributed by atoms with Crippen LogP contribution in [0.5, 0.6) is 0 Å². The van der Waals surface area contributed by atoms with E-state index in [1.807, 2.05) is 23.4 Å². The molecule has 6 nitrogen and oxygen atoms in total. The van der Waals surface area contributed by atoms with Gasteiger partial charge in [-0.2, -0.15) is 5.10 Å². The lowest BCUT2D eigenvalue weighted by Crippen LogP contribution is -2.47. The maximum Gasteiger partial charge on any atom is 0.222 e. The van der Waals surface area contributed by atoms with Gasteiger partial charge in [-0.25, -0.2) is 0 Å². The van der Waals surface area contributed by atoms with E-state index in [0.29, 0.717) is 32.7 Å². The van der Waals surface area contributed by atoms with Crippen LogP contribution in [0, 0.1) is 13.8 Å². The molecular weight excluding hydrogens is 363 g/mol. The number of ether oxygens (including phenoxy) is 1. The van der Waals surface area contributed by atoms with Gasteiger partial charge in [-0.3, -0.25) is 9.48 Å². The number of aromatic nitrogens is 2. The average Bonchev–Trinajstić information content (AvgIpc) is 2.85. The minimum atomic E-state index is 0. The molecule has 2 rings (SSSR count). The Balaban J connectivity index is 0.00000288. The maximum absolute atomic E-state index is 12.3. The predicted molar refractivity (Wildman–Crippen MR) is 105 cm³/mol. The van der Waals surface area contributed by atoms with Gasteiger partial charge in [-0.15, -0.1) is 24.8 Å². The maximum atomic E-state index is 12.3. The van der Waals surface area contributed by atoms with Gasteiger partial charge in [0.25, 0.3) is 0 Å². The number of hydrogen-bond donors (Lipinski definition) is 1. The van der Waals surface area contributed by atoms with Gasteiger partial charge < -0.3 is 15.4 Å². The van der Waals surface area contributed by atoms with Crippen molar-refractivity contribution < 1.29 is 9.53 Å². The molecule has 1 aromatic rings. The van der Waals surface area contributed by atoms with Crippen LogP contribution in [0.15, 0.2) is 6.07 Å². The van der Waals surface area contributed by atoms with Crippen LogP contribution >= 0.6 is 24.8 Å². The molecule has 25 heavy (non-hydrogen) atoms. The van der Waals surface area contributed by atoms with Crippen molar-refractivity contribution in [3.63, 3.8) is 0 Å². The highest BCUT2D eigenvalue weighted by molar-refractivity contribution is 5.85. The summed E-state index contributed by atoms with van der Waals surface area (Å²) < 4.78 is 7.79. The molecule has 1 fully saturated rings. The first-order valence-corrected chi connectivity index (χ1v) is 8.70. The van der Waals surface area contributed by atoms with Crippen LogP contribution in [0.25, 0.3) is 0 Å². The standard InChI is InChI=1S/C17H30N4O2.2ClH/c1-14-11-15(2)21(19-14)13-16-12-20(9-10-23-16)17(22)7-5-3-4-6-8-18;;/h11,16H,3-10,12-13,18H2,1-2H3;2*1H. The third-order valence-electron chi connectivity index (χ3n) is 4.32. The Morgan fingerprint density at radius 3 is 2.64 bits per heavy atom. The van der Waals surface area contributed by atoms with Gasteiger partial charge in [0, 0.05) is 25.2 Å². The van der Waals surface area contributed by atoms with Crippen LogP contribution < -0.4 is 5.73 Å². The summed E-state index contributed by atoms with van der Waals surface area (Å²) in [6.45, 7) is 7.47. The van der Waals surface area contributed by atoms with E-state index in [1.54, 1.807) is 0 Å². The second-order valence-corrected chi connectivity index (χ2v) is 6.39. The molecule has 0 spiro atoms. The number of amides is 1. The normalized spacial score (nSPS) is 16.9. The van der Waals surface area contributed by atoms with E-state index in [0.717, 1.165) is 43.6 Å². The van der Waals surface area contributed by atoms with Crippen molar-refractivity contribution in [3.05, 3.63) is 17.5 Å². The summed E-state index contributed by atoms with van der Waals surface area (Å²) in [6.07, 6.45) is 4.88. The molecule has 1 unspecified atom stereocenters. The molecular formula is C17H32Cl2N4O2. The van der Waals surface area contributed by atoms with Crippen LogP contribution in [0.2, 0.25) is 0 Å². The van der Waals surface area contributed by atoms with Gasteiger partial charge in [0.1, 0.15) is 0 Å². The lowest BCUT2D eigenvalue weighted by atomic mass is 10.1. The number of morpholine rings is 1. The van der Waals surface area contributed by atoms with Crippen LogP contribution in [0.1, 0.15) is 43.5 Å². The first-order valence-electron chi connectivity index (χ1n) is 8.70. The van der Waals surface area contributed by atoms with Gasteiger partial charge in [0.15, 0.2) is 0 Å². The number of halogens is 2. The monoisotopic (exact) mass is 394 g/mol. The van der Waals surface area contributed by atoms with Crippen molar-refractivity contribution in [2.24, 2.45) is 5.73 Å². The number of unbranched alkanes of at least 4 members (excludes halogenated alkanes) is 3. The summed E-state index contributed by atoms with van der Waals surface area (Å²) in [4.78, 5) is 14.3. The van der Waals surface area contributed by atoms with Gasteiger partial charge in [0.2, 0.25) is 5.91 Å². The Morgan fingerprint density at radius 1 is 1.28 bits per heavy atom. The lowest BCUT2D eigenvalue weighted by molar-refractivity contribution is -0.139. The quantitative estimate of drug-likeness (QED) is 0.687. The number of rotatable bonds is 8. The largest absolute Gasteiger partial charge is 0.373 e. The molecule has 146 valence electrons. The van der Waals surface area contributed by atoms with Crippen LogP contribution in [-0.2, 0) is 16.1 Å². The predicted octanol–water partition coefficient (Wildman–Crippen LogP) is 2.48. The van der Waals surface area contributed by atoms with E-state index in [-0.39, 0.29) is 36.8 Å². The van der Waals surface area contributed by atoms with E-state index in [9.17, 15) is 4.79 Å². The zero-order chi connectivity index (χ0) is 16.7. The van der Waals surface area contributed by atoms with Crippen molar-refractivity contribution in [2.45, 2.75) is 58.6 Å². The van der Waals surface area contributed by atoms with Gasteiger partial charge in [-0.05, 0) is 39.3 Å². The van der Waals surface area contributed by atoms with Gasteiger partial charge >= 0.3 is 0 Å². The highest BCUT2D eigenvalue weighted by Gasteiger charge is 2.24. The minimum Gasteiger partial charge on any atom is -0.373 e. The number of carbonyl (C=O) groups is 1. The van der Waals surface area contributed by atoms with Crippen molar-refractivity contribution >= 4 is 30.7 Å². The zero-order valence-corrected chi connectivity index (χ0v) is 16.9. The molecule has 1 amide bonds. The van der Waals surface area contributed by atoms with Crippen LogP contribution in [0.4, 0.5) is 0 Å². The molecule has 1 atom stereocenters. The van der Waals surface area contributed by atoms with E-state index in [4.69, 9.17) is 10.5 Å². The van der Waals surface area contributed by atoms with Crippen LogP contribution in [0.3, 0.4) is 0 Å². The first kappa shape index (κ1) is 24.2. The van der Waals surface area contributed by atoms with E-state index >= 15 is 0 Å². The van der Waals surface area contributed by atoms with Gasteiger partial charge in [0.05, 0.1) is 24.9 Å². The fourth-order valence-electron chi connectivity index (χ4n) is 3.04. The molecule has 0 aromatic carbocycles. The number of nitrogens with zero attached hydrogens (tertiary/aromatic N) is 3. The summed E-state index contributed by atoms with van der Waals surface area (Å²) in [5.74, 6) is 0.249. The summed E-state index contributed by atoms with van der Waals surface area (Å²) in [7, 11) is 0. The van der Waals surface area contributed by atoms with Crippen molar-refractivity contribution in [1.82, 2.24) is 14.7 Å². The fraction of sp³-hybridized carbons (Fsp3) is 0.765. The number of nitrogens with two attached hydrogens (primary N) is 1. The SMILES string of the molecule is Cc1cc(C)n(CC2CN(C(=O)CCCCCCN)CCO2)n1.Cl.Cl. The molecule has 1 aliphatic heterocycles. The fourth-order valence-corrected chi connectivity index (χ4v) is 3.04. The summed E-state index contributed by atoms with van der Waals surface area (Å²) in [5, 5.41) is 4.48. The third kappa shape index (κ3) is 7.94. The molecule has 1 saturated heterocycles. The molecule has 2 heterocycles. The molecule has 1 aliphatic rings. The van der Waals surface area contributed by atoms with E-state index in [1.165, 1.54) is 0 Å². The van der Waals surface area contributed by atoms with E-state index in [2.05, 4.69) is 11.2 Å². The Bertz CT molecular complexity index is 511. The highest BCUT2D eigenvalue weighted by atomic mass is 35.5. The topological polar surface area (TPSA) is 73.4 Å². The molecule has 1 aromatic heterocycles. The van der Waals surface area contributed by atoms with Crippen molar-refractivity contribution in [1.29, 1.82) is 0 Å².